The minimum absolute atomic E-state index is 0.308. The number of rotatable bonds is 3. The summed E-state index contributed by atoms with van der Waals surface area (Å²) in [5.41, 5.74) is 5.63. The second kappa shape index (κ2) is 5.15. The molecule has 0 aromatic heterocycles. The maximum Gasteiger partial charge on any atom is 0.237 e. The number of likely N-dealkylation sites (N-methyl/N-ethyl adjacent to an activating group) is 1. The zero-order valence-electron chi connectivity index (χ0n) is 10.2. The Labute approximate surface area is 97.8 Å². The molecule has 0 aromatic carbocycles. The number of amides is 1. The standard InChI is InChI=1S/C12H23N3O/c1-14-9-12(16)15(8-11(14)6-7-13)10-4-2-3-5-10/h10-11H,2-9,13H2,1H3. The van der Waals surface area contributed by atoms with Crippen LogP contribution in [0.4, 0.5) is 0 Å². The van der Waals surface area contributed by atoms with E-state index in [-0.39, 0.29) is 0 Å². The van der Waals surface area contributed by atoms with E-state index in [0.29, 0.717) is 31.1 Å². The van der Waals surface area contributed by atoms with E-state index in [9.17, 15) is 4.79 Å². The molecule has 1 unspecified atom stereocenters. The molecule has 1 aliphatic carbocycles. The molecule has 0 aromatic rings. The fourth-order valence-corrected chi connectivity index (χ4v) is 2.97. The van der Waals surface area contributed by atoms with Crippen molar-refractivity contribution in [3.63, 3.8) is 0 Å². The van der Waals surface area contributed by atoms with Crippen molar-refractivity contribution < 1.29 is 4.79 Å². The molecular formula is C12H23N3O. The maximum absolute atomic E-state index is 12.0. The van der Waals surface area contributed by atoms with Crippen molar-refractivity contribution in [3.8, 4) is 0 Å². The molecule has 1 aliphatic heterocycles. The van der Waals surface area contributed by atoms with Crippen LogP contribution in [0.25, 0.3) is 0 Å². The zero-order valence-corrected chi connectivity index (χ0v) is 10.2. The molecule has 1 saturated heterocycles. The van der Waals surface area contributed by atoms with Crippen molar-refractivity contribution in [2.24, 2.45) is 5.73 Å². The van der Waals surface area contributed by atoms with Crippen LogP contribution >= 0.6 is 0 Å². The summed E-state index contributed by atoms with van der Waals surface area (Å²) in [7, 11) is 2.03. The number of nitrogens with zero attached hydrogens (tertiary/aromatic N) is 2. The molecule has 2 rings (SSSR count). The van der Waals surface area contributed by atoms with Gasteiger partial charge in [-0.1, -0.05) is 12.8 Å². The molecule has 4 nitrogen and oxygen atoms in total. The lowest BCUT2D eigenvalue weighted by molar-refractivity contribution is -0.140. The molecule has 1 atom stereocenters. The molecule has 4 heteroatoms. The van der Waals surface area contributed by atoms with Gasteiger partial charge in [-0.15, -0.1) is 0 Å². The summed E-state index contributed by atoms with van der Waals surface area (Å²) < 4.78 is 0. The van der Waals surface area contributed by atoms with Crippen LogP contribution in [0.5, 0.6) is 0 Å². The van der Waals surface area contributed by atoms with Gasteiger partial charge in [0.05, 0.1) is 6.54 Å². The highest BCUT2D eigenvalue weighted by atomic mass is 16.2. The van der Waals surface area contributed by atoms with E-state index in [2.05, 4.69) is 9.80 Å². The molecule has 1 heterocycles. The maximum atomic E-state index is 12.0. The second-order valence-corrected chi connectivity index (χ2v) is 5.13. The topological polar surface area (TPSA) is 49.6 Å². The Kier molecular flexibility index (Phi) is 3.82. The van der Waals surface area contributed by atoms with Crippen molar-refractivity contribution in [3.05, 3.63) is 0 Å². The Morgan fingerprint density at radius 3 is 2.69 bits per heavy atom. The van der Waals surface area contributed by atoms with E-state index < -0.39 is 0 Å². The van der Waals surface area contributed by atoms with Crippen LogP contribution in [0.2, 0.25) is 0 Å². The first kappa shape index (κ1) is 11.9. The van der Waals surface area contributed by atoms with Crippen LogP contribution < -0.4 is 5.73 Å². The Balaban J connectivity index is 1.98. The average Bonchev–Trinajstić information content (AvgIpc) is 2.75. The van der Waals surface area contributed by atoms with Gasteiger partial charge in [-0.25, -0.2) is 0 Å². The summed E-state index contributed by atoms with van der Waals surface area (Å²) >= 11 is 0. The Bertz CT molecular complexity index is 251. The summed E-state index contributed by atoms with van der Waals surface area (Å²) in [6.07, 6.45) is 5.96. The van der Waals surface area contributed by atoms with Gasteiger partial charge in [-0.2, -0.15) is 0 Å². The third-order valence-electron chi connectivity index (χ3n) is 4.00. The summed E-state index contributed by atoms with van der Waals surface area (Å²) in [6.45, 7) is 2.17. The average molecular weight is 225 g/mol. The SMILES string of the molecule is CN1CC(=O)N(C2CCCC2)CC1CCN. The van der Waals surface area contributed by atoms with Gasteiger partial charge in [0.15, 0.2) is 0 Å². The predicted molar refractivity (Wildman–Crippen MR) is 64.1 cm³/mol. The number of hydrogen-bond donors (Lipinski definition) is 1. The normalized spacial score (nSPS) is 29.0. The quantitative estimate of drug-likeness (QED) is 0.757. The van der Waals surface area contributed by atoms with Crippen LogP contribution in [-0.2, 0) is 4.79 Å². The lowest BCUT2D eigenvalue weighted by Gasteiger charge is -2.41. The number of nitrogens with two attached hydrogens (primary N) is 1. The molecule has 16 heavy (non-hydrogen) atoms. The summed E-state index contributed by atoms with van der Waals surface area (Å²) in [6, 6.07) is 0.977. The predicted octanol–water partition coefficient (Wildman–Crippen LogP) is 0.420. The van der Waals surface area contributed by atoms with Crippen molar-refractivity contribution in [2.45, 2.75) is 44.2 Å². The van der Waals surface area contributed by atoms with E-state index in [1.165, 1.54) is 25.7 Å². The van der Waals surface area contributed by atoms with Gasteiger partial charge in [0.1, 0.15) is 0 Å². The first-order valence-electron chi connectivity index (χ1n) is 6.42. The number of carbonyl (C=O) groups excluding carboxylic acids is 1. The molecule has 0 spiro atoms. The van der Waals surface area contributed by atoms with Crippen molar-refractivity contribution in [1.29, 1.82) is 0 Å². The largest absolute Gasteiger partial charge is 0.337 e. The van der Waals surface area contributed by atoms with Crippen molar-refractivity contribution in [2.75, 3.05) is 26.7 Å². The molecule has 0 bridgehead atoms. The molecule has 2 aliphatic rings. The number of piperazine rings is 1. The highest BCUT2D eigenvalue weighted by Crippen LogP contribution is 2.26. The lowest BCUT2D eigenvalue weighted by Crippen LogP contribution is -2.57. The fraction of sp³-hybridized carbons (Fsp3) is 0.917. The van der Waals surface area contributed by atoms with Crippen LogP contribution in [0.15, 0.2) is 0 Å². The van der Waals surface area contributed by atoms with Crippen LogP contribution in [0.1, 0.15) is 32.1 Å². The van der Waals surface area contributed by atoms with Gasteiger partial charge in [0.25, 0.3) is 0 Å². The van der Waals surface area contributed by atoms with E-state index in [0.717, 1.165) is 13.0 Å². The van der Waals surface area contributed by atoms with Gasteiger partial charge >= 0.3 is 0 Å². The number of carbonyl (C=O) groups is 1. The van der Waals surface area contributed by atoms with E-state index >= 15 is 0 Å². The minimum Gasteiger partial charge on any atom is -0.337 e. The van der Waals surface area contributed by atoms with Crippen LogP contribution in [-0.4, -0.2) is 54.5 Å². The molecule has 0 radical (unpaired) electrons. The van der Waals surface area contributed by atoms with Gasteiger partial charge in [0, 0.05) is 18.6 Å². The highest BCUT2D eigenvalue weighted by molar-refractivity contribution is 5.79. The lowest BCUT2D eigenvalue weighted by atomic mass is 10.1. The monoisotopic (exact) mass is 225 g/mol. The van der Waals surface area contributed by atoms with E-state index in [1.807, 2.05) is 7.05 Å². The minimum atomic E-state index is 0.308. The van der Waals surface area contributed by atoms with E-state index in [4.69, 9.17) is 5.73 Å². The van der Waals surface area contributed by atoms with Gasteiger partial charge < -0.3 is 10.6 Å². The fourth-order valence-electron chi connectivity index (χ4n) is 2.97. The molecule has 2 fully saturated rings. The van der Waals surface area contributed by atoms with Crippen molar-refractivity contribution in [1.82, 2.24) is 9.80 Å². The van der Waals surface area contributed by atoms with Gasteiger partial charge in [0.2, 0.25) is 5.91 Å². The first-order valence-corrected chi connectivity index (χ1v) is 6.42. The van der Waals surface area contributed by atoms with Crippen LogP contribution in [0, 0.1) is 0 Å². The zero-order chi connectivity index (χ0) is 11.5. The molecule has 1 amide bonds. The molecular weight excluding hydrogens is 202 g/mol. The first-order chi connectivity index (χ1) is 7.72. The smallest absolute Gasteiger partial charge is 0.237 e. The van der Waals surface area contributed by atoms with Gasteiger partial charge in [-0.3, -0.25) is 9.69 Å². The van der Waals surface area contributed by atoms with Crippen molar-refractivity contribution >= 4 is 5.91 Å². The Morgan fingerprint density at radius 1 is 1.38 bits per heavy atom. The second-order valence-electron chi connectivity index (χ2n) is 5.13. The highest BCUT2D eigenvalue weighted by Gasteiger charge is 2.34. The number of hydrogen-bond acceptors (Lipinski definition) is 3. The molecule has 2 N–H and O–H groups in total. The third kappa shape index (κ3) is 2.38. The summed E-state index contributed by atoms with van der Waals surface area (Å²) in [4.78, 5) is 16.3. The van der Waals surface area contributed by atoms with E-state index in [1.54, 1.807) is 0 Å². The summed E-state index contributed by atoms with van der Waals surface area (Å²) in [5.74, 6) is 0.308. The van der Waals surface area contributed by atoms with Gasteiger partial charge in [-0.05, 0) is 32.9 Å². The summed E-state index contributed by atoms with van der Waals surface area (Å²) in [5, 5.41) is 0. The third-order valence-corrected chi connectivity index (χ3v) is 4.00. The Hall–Kier alpha value is -0.610. The Morgan fingerprint density at radius 2 is 2.06 bits per heavy atom. The molecule has 92 valence electrons. The van der Waals surface area contributed by atoms with Crippen LogP contribution in [0.3, 0.4) is 0 Å². The molecule has 1 saturated carbocycles.